The van der Waals surface area contributed by atoms with Gasteiger partial charge in [-0.2, -0.15) is 0 Å². The zero-order valence-corrected chi connectivity index (χ0v) is 16.5. The number of carbonyl (C=O) groups is 2. The van der Waals surface area contributed by atoms with Gasteiger partial charge in [-0.1, -0.05) is 50.1 Å². The summed E-state index contributed by atoms with van der Waals surface area (Å²) in [6.07, 6.45) is 5.46. The predicted molar refractivity (Wildman–Crippen MR) is 97.8 cm³/mol. The minimum atomic E-state index is -0.916. The van der Waals surface area contributed by atoms with Crippen molar-refractivity contribution in [1.82, 2.24) is 15.3 Å². The number of hydrogen-bond acceptors (Lipinski definition) is 6. The molecule has 0 spiro atoms. The van der Waals surface area contributed by atoms with Gasteiger partial charge in [-0.25, -0.2) is 14.8 Å². The number of halogens is 1. The summed E-state index contributed by atoms with van der Waals surface area (Å²) in [6, 6.07) is 0.114. The van der Waals surface area contributed by atoms with E-state index in [-0.39, 0.29) is 22.7 Å². The molecule has 0 bridgehead atoms. The van der Waals surface area contributed by atoms with E-state index >= 15 is 0 Å². The van der Waals surface area contributed by atoms with Crippen LogP contribution >= 0.6 is 23.4 Å². The number of thioether (sulfide) groups is 1. The molecule has 0 unspecified atom stereocenters. The first-order chi connectivity index (χ1) is 11.8. The van der Waals surface area contributed by atoms with E-state index in [1.807, 2.05) is 0 Å². The summed E-state index contributed by atoms with van der Waals surface area (Å²) in [7, 11) is 0. The second-order valence-corrected chi connectivity index (χ2v) is 7.66. The average Bonchev–Trinajstić information content (AvgIpc) is 2.59. The number of nitrogens with zero attached hydrogens (tertiary/aromatic N) is 2. The number of esters is 1. The Hall–Kier alpha value is -1.34. The Kier molecular flexibility index (Phi) is 7.07. The molecule has 0 aliphatic heterocycles. The van der Waals surface area contributed by atoms with E-state index in [0.717, 1.165) is 12.8 Å². The molecule has 6 nitrogen and oxygen atoms in total. The van der Waals surface area contributed by atoms with E-state index in [1.54, 1.807) is 13.2 Å². The first-order valence-corrected chi connectivity index (χ1v) is 10.0. The largest absolute Gasteiger partial charge is 0.448 e. The van der Waals surface area contributed by atoms with Crippen molar-refractivity contribution < 1.29 is 14.3 Å². The van der Waals surface area contributed by atoms with Gasteiger partial charge in [-0.05, 0) is 31.4 Å². The molecule has 2 rings (SSSR count). The standard InChI is InChI=1S/C17H24ClN3O3S/c1-9-6-5-7-13(10(9)2)20-15(22)11(3)24-16(23)14-12(18)8-19-17(21-14)25-4/h8-11,13H,5-7H2,1-4H3,(H,20,22)/t9-,10-,11-,13-/m1/s1. The highest BCUT2D eigenvalue weighted by atomic mass is 35.5. The molecule has 0 aromatic carbocycles. The Balaban J connectivity index is 1.97. The molecular formula is C17H24ClN3O3S. The summed E-state index contributed by atoms with van der Waals surface area (Å²) in [5.74, 6) is -0.0484. The molecule has 1 saturated carbocycles. The van der Waals surface area contributed by atoms with Crippen LogP contribution in [0.2, 0.25) is 5.02 Å². The van der Waals surface area contributed by atoms with Crippen molar-refractivity contribution >= 4 is 35.2 Å². The summed E-state index contributed by atoms with van der Waals surface area (Å²) >= 11 is 7.26. The highest BCUT2D eigenvalue weighted by molar-refractivity contribution is 7.98. The molecule has 1 aliphatic carbocycles. The number of carbonyl (C=O) groups excluding carboxylic acids is 2. The lowest BCUT2D eigenvalue weighted by Crippen LogP contribution is -2.47. The van der Waals surface area contributed by atoms with Crippen LogP contribution in [0.5, 0.6) is 0 Å². The second-order valence-electron chi connectivity index (χ2n) is 6.48. The van der Waals surface area contributed by atoms with Gasteiger partial charge in [0.05, 0.1) is 11.2 Å². The Bertz CT molecular complexity index is 644. The molecule has 1 N–H and O–H groups in total. The highest BCUT2D eigenvalue weighted by Crippen LogP contribution is 2.29. The lowest BCUT2D eigenvalue weighted by atomic mass is 9.78. The van der Waals surface area contributed by atoms with Crippen molar-refractivity contribution in [3.63, 3.8) is 0 Å². The van der Waals surface area contributed by atoms with E-state index in [0.29, 0.717) is 17.0 Å². The zero-order chi connectivity index (χ0) is 18.6. The summed E-state index contributed by atoms with van der Waals surface area (Å²) < 4.78 is 5.25. The van der Waals surface area contributed by atoms with Gasteiger partial charge in [0.1, 0.15) is 0 Å². The lowest BCUT2D eigenvalue weighted by Gasteiger charge is -2.35. The number of hydrogen-bond donors (Lipinski definition) is 1. The number of ether oxygens (including phenoxy) is 1. The van der Waals surface area contributed by atoms with Gasteiger partial charge in [-0.15, -0.1) is 0 Å². The third kappa shape index (κ3) is 5.07. The van der Waals surface area contributed by atoms with Crippen LogP contribution in [0.1, 0.15) is 50.5 Å². The van der Waals surface area contributed by atoms with E-state index < -0.39 is 12.1 Å². The molecule has 8 heteroatoms. The van der Waals surface area contributed by atoms with Gasteiger partial charge in [-0.3, -0.25) is 4.79 Å². The van der Waals surface area contributed by atoms with E-state index in [1.165, 1.54) is 24.4 Å². The van der Waals surface area contributed by atoms with Gasteiger partial charge in [0, 0.05) is 6.04 Å². The van der Waals surface area contributed by atoms with Gasteiger partial charge in [0.2, 0.25) is 0 Å². The molecule has 1 aromatic rings. The molecule has 0 saturated heterocycles. The van der Waals surface area contributed by atoms with Gasteiger partial charge >= 0.3 is 5.97 Å². The Labute approximate surface area is 157 Å². The number of amides is 1. The van der Waals surface area contributed by atoms with Crippen LogP contribution in [0, 0.1) is 11.8 Å². The topological polar surface area (TPSA) is 81.2 Å². The van der Waals surface area contributed by atoms with Crippen molar-refractivity contribution in [3.8, 4) is 0 Å². The van der Waals surface area contributed by atoms with Crippen molar-refractivity contribution in [1.29, 1.82) is 0 Å². The first-order valence-electron chi connectivity index (χ1n) is 8.41. The summed E-state index contributed by atoms with van der Waals surface area (Å²) in [6.45, 7) is 5.90. The summed E-state index contributed by atoms with van der Waals surface area (Å²) in [4.78, 5) is 32.7. The predicted octanol–water partition coefficient (Wildman–Crippen LogP) is 3.34. The van der Waals surface area contributed by atoms with Crippen LogP contribution in [0.15, 0.2) is 11.4 Å². The van der Waals surface area contributed by atoms with Crippen molar-refractivity contribution in [2.45, 2.75) is 57.3 Å². The zero-order valence-electron chi connectivity index (χ0n) is 14.9. The van der Waals surface area contributed by atoms with Gasteiger partial charge in [0.15, 0.2) is 17.0 Å². The number of aromatic nitrogens is 2. The molecule has 1 heterocycles. The van der Waals surface area contributed by atoms with Crippen molar-refractivity contribution in [2.24, 2.45) is 11.8 Å². The number of nitrogens with one attached hydrogen (secondary N) is 1. The SMILES string of the molecule is CSc1ncc(Cl)c(C(=O)O[C@H](C)C(=O)N[C@@H]2CCC[C@@H](C)[C@H]2C)n1. The van der Waals surface area contributed by atoms with Crippen LogP contribution < -0.4 is 5.32 Å². The van der Waals surface area contributed by atoms with Crippen molar-refractivity contribution in [3.05, 3.63) is 16.9 Å². The molecular weight excluding hydrogens is 362 g/mol. The average molecular weight is 386 g/mol. The molecule has 1 aliphatic rings. The quantitative estimate of drug-likeness (QED) is 0.475. The van der Waals surface area contributed by atoms with E-state index in [4.69, 9.17) is 16.3 Å². The second kappa shape index (κ2) is 8.85. The molecule has 1 amide bonds. The monoisotopic (exact) mass is 385 g/mol. The molecule has 1 aromatic heterocycles. The fourth-order valence-electron chi connectivity index (χ4n) is 2.95. The Morgan fingerprint density at radius 2 is 2.12 bits per heavy atom. The van der Waals surface area contributed by atoms with E-state index in [9.17, 15) is 9.59 Å². The third-order valence-corrected chi connectivity index (χ3v) is 5.62. The summed E-state index contributed by atoms with van der Waals surface area (Å²) in [5.41, 5.74) is -0.0275. The fraction of sp³-hybridized carbons (Fsp3) is 0.647. The van der Waals surface area contributed by atoms with Crippen LogP contribution in [-0.4, -0.2) is 40.2 Å². The smallest absolute Gasteiger partial charge is 0.359 e. The molecule has 0 radical (unpaired) electrons. The normalized spacial score (nSPS) is 24.4. The minimum Gasteiger partial charge on any atom is -0.448 e. The van der Waals surface area contributed by atoms with Crippen LogP contribution in [-0.2, 0) is 9.53 Å². The van der Waals surface area contributed by atoms with Gasteiger partial charge < -0.3 is 10.1 Å². The highest BCUT2D eigenvalue weighted by Gasteiger charge is 2.30. The molecule has 138 valence electrons. The fourth-order valence-corrected chi connectivity index (χ4v) is 3.46. The van der Waals surface area contributed by atoms with Crippen LogP contribution in [0.4, 0.5) is 0 Å². The maximum Gasteiger partial charge on any atom is 0.359 e. The van der Waals surface area contributed by atoms with Crippen LogP contribution in [0.25, 0.3) is 0 Å². The van der Waals surface area contributed by atoms with Crippen molar-refractivity contribution in [2.75, 3.05) is 6.26 Å². The summed E-state index contributed by atoms with van der Waals surface area (Å²) in [5, 5.41) is 3.52. The first kappa shape index (κ1) is 20.0. The Morgan fingerprint density at radius 1 is 1.40 bits per heavy atom. The van der Waals surface area contributed by atoms with E-state index in [2.05, 4.69) is 29.1 Å². The maximum atomic E-state index is 12.4. The maximum absolute atomic E-state index is 12.4. The lowest BCUT2D eigenvalue weighted by molar-refractivity contribution is -0.130. The third-order valence-electron chi connectivity index (χ3n) is 4.79. The molecule has 4 atom stereocenters. The Morgan fingerprint density at radius 3 is 2.80 bits per heavy atom. The van der Waals surface area contributed by atoms with Gasteiger partial charge in [0.25, 0.3) is 5.91 Å². The molecule has 1 fully saturated rings. The minimum absolute atomic E-state index is 0.0275. The van der Waals surface area contributed by atoms with Crippen LogP contribution in [0.3, 0.4) is 0 Å². The number of rotatable bonds is 5. The molecule has 25 heavy (non-hydrogen) atoms.